The Kier molecular flexibility index (Phi) is 7.46. The van der Waals surface area contributed by atoms with Crippen molar-refractivity contribution in [3.8, 4) is 0 Å². The Bertz CT molecular complexity index is 629. The zero-order chi connectivity index (χ0) is 19.1. The number of nitrogens with zero attached hydrogens (tertiary/aromatic N) is 3. The molecule has 1 fully saturated rings. The van der Waals surface area contributed by atoms with Crippen LogP contribution in [0.15, 0.2) is 4.99 Å². The maximum Gasteiger partial charge on any atom is 0.243 e. The highest BCUT2D eigenvalue weighted by Gasteiger charge is 2.17. The van der Waals surface area contributed by atoms with Crippen molar-refractivity contribution in [3.63, 3.8) is 0 Å². The van der Waals surface area contributed by atoms with E-state index in [1.54, 1.807) is 19.0 Å². The number of hydrogen-bond acceptors (Lipinski definition) is 5. The molecule has 2 aliphatic rings. The van der Waals surface area contributed by atoms with Gasteiger partial charge < -0.3 is 20.3 Å². The second-order valence-corrected chi connectivity index (χ2v) is 8.50. The number of ether oxygens (including phenoxy) is 1. The molecule has 3 rings (SSSR count). The Labute approximate surface area is 165 Å². The third-order valence-corrected chi connectivity index (χ3v) is 6.13. The Hall–Kier alpha value is -1.67. The summed E-state index contributed by atoms with van der Waals surface area (Å²) in [5, 5.41) is 7.86. The van der Waals surface area contributed by atoms with Crippen molar-refractivity contribution in [2.45, 2.75) is 51.0 Å². The maximum atomic E-state index is 11.8. The van der Waals surface area contributed by atoms with Crippen LogP contribution in [-0.2, 0) is 28.8 Å². The summed E-state index contributed by atoms with van der Waals surface area (Å²) in [6.45, 7) is 2.44. The fourth-order valence-electron chi connectivity index (χ4n) is 3.28. The third kappa shape index (κ3) is 6.17. The lowest BCUT2D eigenvalue weighted by Gasteiger charge is -2.16. The van der Waals surface area contributed by atoms with Gasteiger partial charge in [-0.15, -0.1) is 11.3 Å². The van der Waals surface area contributed by atoms with E-state index in [1.165, 1.54) is 34.8 Å². The molecule has 0 aromatic carbocycles. The predicted molar refractivity (Wildman–Crippen MR) is 108 cm³/mol. The number of hydrogen-bond donors (Lipinski definition) is 2. The highest BCUT2D eigenvalue weighted by atomic mass is 32.1. The second kappa shape index (κ2) is 10.0. The molecule has 0 saturated carbocycles. The van der Waals surface area contributed by atoms with Crippen LogP contribution in [0.2, 0.25) is 0 Å². The standard InChI is InChI=1S/C19H31N5O2S/c1-24(2)18(25)13-22-19(21-12-14-6-5-11-26-14)20-10-9-17-23-15-7-3-4-8-16(15)27-17/h14H,3-13H2,1-2H3,(H2,20,21,22). The summed E-state index contributed by atoms with van der Waals surface area (Å²) < 4.78 is 5.66. The van der Waals surface area contributed by atoms with E-state index in [0.717, 1.165) is 38.8 Å². The van der Waals surface area contributed by atoms with Gasteiger partial charge in [0.2, 0.25) is 5.91 Å². The molecule has 8 heteroatoms. The van der Waals surface area contributed by atoms with E-state index in [0.29, 0.717) is 12.5 Å². The first-order valence-electron chi connectivity index (χ1n) is 9.93. The molecule has 7 nitrogen and oxygen atoms in total. The van der Waals surface area contributed by atoms with Crippen LogP contribution in [-0.4, -0.2) is 68.2 Å². The lowest BCUT2D eigenvalue weighted by molar-refractivity contribution is -0.127. The summed E-state index contributed by atoms with van der Waals surface area (Å²) in [5.41, 5.74) is 1.31. The van der Waals surface area contributed by atoms with E-state index in [1.807, 2.05) is 11.3 Å². The fourth-order valence-corrected chi connectivity index (χ4v) is 4.43. The van der Waals surface area contributed by atoms with Crippen LogP contribution in [0, 0.1) is 0 Å². The number of carbonyl (C=O) groups is 1. The predicted octanol–water partition coefficient (Wildman–Crippen LogP) is 1.37. The number of fused-ring (bicyclic) bond motifs is 1. The first-order chi connectivity index (χ1) is 13.1. The monoisotopic (exact) mass is 393 g/mol. The molecule has 150 valence electrons. The number of carbonyl (C=O) groups excluding carboxylic acids is 1. The van der Waals surface area contributed by atoms with Crippen LogP contribution in [0.4, 0.5) is 0 Å². The molecular weight excluding hydrogens is 362 g/mol. The smallest absolute Gasteiger partial charge is 0.243 e. The summed E-state index contributed by atoms with van der Waals surface area (Å²) in [6, 6.07) is 0. The molecular formula is C19H31N5O2S. The number of thiazole rings is 1. The van der Waals surface area contributed by atoms with Gasteiger partial charge in [-0.2, -0.15) is 0 Å². The zero-order valence-corrected chi connectivity index (χ0v) is 17.2. The Morgan fingerprint density at radius 1 is 1.30 bits per heavy atom. The minimum atomic E-state index is -0.0131. The van der Waals surface area contributed by atoms with Crippen molar-refractivity contribution in [3.05, 3.63) is 15.6 Å². The first kappa shape index (κ1) is 20.1. The molecule has 1 aliphatic carbocycles. The van der Waals surface area contributed by atoms with Gasteiger partial charge in [0.1, 0.15) is 6.54 Å². The van der Waals surface area contributed by atoms with Gasteiger partial charge in [-0.3, -0.25) is 4.79 Å². The van der Waals surface area contributed by atoms with Gasteiger partial charge in [0.15, 0.2) is 5.96 Å². The molecule has 27 heavy (non-hydrogen) atoms. The summed E-state index contributed by atoms with van der Waals surface area (Å²) in [7, 11) is 3.49. The van der Waals surface area contributed by atoms with Crippen LogP contribution in [0.5, 0.6) is 0 Å². The van der Waals surface area contributed by atoms with Crippen molar-refractivity contribution in [2.75, 3.05) is 40.3 Å². The number of rotatable bonds is 7. The molecule has 1 aromatic rings. The Morgan fingerprint density at radius 3 is 2.89 bits per heavy atom. The molecule has 1 aromatic heterocycles. The van der Waals surface area contributed by atoms with Gasteiger partial charge >= 0.3 is 0 Å². The van der Waals surface area contributed by atoms with Crippen molar-refractivity contribution in [1.82, 2.24) is 20.5 Å². The van der Waals surface area contributed by atoms with Crippen LogP contribution < -0.4 is 10.6 Å². The van der Waals surface area contributed by atoms with Crippen LogP contribution in [0.25, 0.3) is 0 Å². The fraction of sp³-hybridized carbons (Fsp3) is 0.737. The average molecular weight is 394 g/mol. The molecule has 0 radical (unpaired) electrons. The van der Waals surface area contributed by atoms with Gasteiger partial charge in [0.05, 0.1) is 16.8 Å². The summed E-state index contributed by atoms with van der Waals surface area (Å²) in [6.07, 6.45) is 8.15. The quantitative estimate of drug-likeness (QED) is 0.540. The number of nitrogens with one attached hydrogen (secondary N) is 2. The number of guanidine groups is 1. The molecule has 1 amide bonds. The van der Waals surface area contributed by atoms with Crippen molar-refractivity contribution in [1.29, 1.82) is 0 Å². The van der Waals surface area contributed by atoms with Crippen LogP contribution >= 0.6 is 11.3 Å². The van der Waals surface area contributed by atoms with Gasteiger partial charge in [0, 0.05) is 45.1 Å². The van der Waals surface area contributed by atoms with E-state index in [9.17, 15) is 4.79 Å². The van der Waals surface area contributed by atoms with Gasteiger partial charge in [-0.1, -0.05) is 0 Å². The van der Waals surface area contributed by atoms with Gasteiger partial charge in [-0.25, -0.2) is 9.98 Å². The normalized spacial score (nSPS) is 19.6. The number of amides is 1. The highest BCUT2D eigenvalue weighted by Crippen LogP contribution is 2.26. The Morgan fingerprint density at radius 2 is 2.15 bits per heavy atom. The van der Waals surface area contributed by atoms with E-state index in [4.69, 9.17) is 9.72 Å². The largest absolute Gasteiger partial charge is 0.376 e. The average Bonchev–Trinajstić information content (AvgIpc) is 3.32. The minimum Gasteiger partial charge on any atom is -0.376 e. The summed E-state index contributed by atoms with van der Waals surface area (Å²) in [5.74, 6) is 0.655. The van der Waals surface area contributed by atoms with E-state index in [-0.39, 0.29) is 18.6 Å². The van der Waals surface area contributed by atoms with E-state index >= 15 is 0 Å². The zero-order valence-electron chi connectivity index (χ0n) is 16.4. The lowest BCUT2D eigenvalue weighted by Crippen LogP contribution is -2.42. The molecule has 1 unspecified atom stereocenters. The number of likely N-dealkylation sites (N-methyl/N-ethyl adjacent to an activating group) is 1. The Balaban J connectivity index is 1.50. The van der Waals surface area contributed by atoms with E-state index < -0.39 is 0 Å². The molecule has 2 heterocycles. The van der Waals surface area contributed by atoms with Gasteiger partial charge in [-0.05, 0) is 38.5 Å². The van der Waals surface area contributed by atoms with Crippen LogP contribution in [0.1, 0.15) is 41.3 Å². The number of aromatic nitrogens is 1. The number of aliphatic imine (C=N–C) groups is 1. The van der Waals surface area contributed by atoms with Crippen molar-refractivity contribution >= 4 is 23.2 Å². The SMILES string of the molecule is CN(C)C(=O)CN=C(NCCc1nc2c(s1)CCCC2)NCC1CCCO1. The van der Waals surface area contributed by atoms with Crippen molar-refractivity contribution < 1.29 is 9.53 Å². The minimum absolute atomic E-state index is 0.0131. The van der Waals surface area contributed by atoms with Gasteiger partial charge in [0.25, 0.3) is 0 Å². The topological polar surface area (TPSA) is 78.9 Å². The highest BCUT2D eigenvalue weighted by molar-refractivity contribution is 7.11. The van der Waals surface area contributed by atoms with E-state index in [2.05, 4.69) is 15.6 Å². The van der Waals surface area contributed by atoms with Crippen molar-refractivity contribution in [2.24, 2.45) is 4.99 Å². The molecule has 1 saturated heterocycles. The van der Waals surface area contributed by atoms with Crippen LogP contribution in [0.3, 0.4) is 0 Å². The molecule has 0 bridgehead atoms. The summed E-state index contributed by atoms with van der Waals surface area (Å²) >= 11 is 1.85. The second-order valence-electron chi connectivity index (χ2n) is 7.33. The molecule has 1 atom stereocenters. The molecule has 1 aliphatic heterocycles. The molecule has 2 N–H and O–H groups in total. The number of aryl methyl sites for hydroxylation is 2. The summed E-state index contributed by atoms with van der Waals surface area (Å²) in [4.78, 5) is 24.1. The maximum absolute atomic E-state index is 11.8. The lowest BCUT2D eigenvalue weighted by atomic mass is 10.0. The molecule has 0 spiro atoms. The first-order valence-corrected chi connectivity index (χ1v) is 10.7. The third-order valence-electron chi connectivity index (χ3n) is 4.91.